The molecule has 0 radical (unpaired) electrons. The average molecular weight is 376 g/mol. The molecule has 0 bridgehead atoms. The van der Waals surface area contributed by atoms with Crippen LogP contribution in [0, 0.1) is 0 Å². The van der Waals surface area contributed by atoms with Gasteiger partial charge in [-0.1, -0.05) is 6.07 Å². The summed E-state index contributed by atoms with van der Waals surface area (Å²) in [6.07, 6.45) is 1.97. The first-order chi connectivity index (χ1) is 13.2. The van der Waals surface area contributed by atoms with Crippen LogP contribution >= 0.6 is 0 Å². The van der Waals surface area contributed by atoms with Gasteiger partial charge in [0.05, 0.1) is 13.2 Å². The maximum absolute atomic E-state index is 12.6. The van der Waals surface area contributed by atoms with E-state index in [1.165, 1.54) is 7.11 Å². The number of ether oxygens (including phenoxy) is 2. The minimum absolute atomic E-state index is 0.00528. The molecule has 0 aromatic heterocycles. The van der Waals surface area contributed by atoms with E-state index in [4.69, 9.17) is 9.47 Å². The van der Waals surface area contributed by atoms with Crippen LogP contribution in [0.3, 0.4) is 0 Å². The van der Waals surface area contributed by atoms with E-state index < -0.39 is 0 Å². The molecule has 2 aliphatic heterocycles. The van der Waals surface area contributed by atoms with E-state index in [0.29, 0.717) is 17.4 Å². The molecule has 0 unspecified atom stereocenters. The van der Waals surface area contributed by atoms with Gasteiger partial charge < -0.3 is 25.0 Å². The number of amides is 3. The highest BCUT2D eigenvalue weighted by Gasteiger charge is 2.27. The Bertz CT molecular complexity index is 640. The number of benzene rings is 1. The fourth-order valence-corrected chi connectivity index (χ4v) is 3.58. The number of hydrogen-bond donors (Lipinski definition) is 2. The van der Waals surface area contributed by atoms with Gasteiger partial charge in [-0.05, 0) is 31.0 Å². The van der Waals surface area contributed by atoms with Crippen LogP contribution in [-0.2, 0) is 14.3 Å². The zero-order chi connectivity index (χ0) is 19.1. The van der Waals surface area contributed by atoms with Crippen molar-refractivity contribution in [2.45, 2.75) is 18.9 Å². The van der Waals surface area contributed by atoms with Crippen molar-refractivity contribution >= 4 is 23.3 Å². The van der Waals surface area contributed by atoms with Gasteiger partial charge in [0.1, 0.15) is 6.61 Å². The monoisotopic (exact) mass is 376 g/mol. The summed E-state index contributed by atoms with van der Waals surface area (Å²) in [4.78, 5) is 28.5. The minimum atomic E-state index is -0.230. The van der Waals surface area contributed by atoms with Crippen LogP contribution in [0.4, 0.5) is 16.2 Å². The third-order valence-corrected chi connectivity index (χ3v) is 4.99. The molecule has 2 N–H and O–H groups in total. The lowest BCUT2D eigenvalue weighted by molar-refractivity contribution is -0.119. The van der Waals surface area contributed by atoms with Gasteiger partial charge in [0, 0.05) is 50.7 Å². The van der Waals surface area contributed by atoms with Crippen molar-refractivity contribution < 1.29 is 19.1 Å². The summed E-state index contributed by atoms with van der Waals surface area (Å²) < 4.78 is 10.2. The summed E-state index contributed by atoms with van der Waals surface area (Å²) in [6.45, 7) is 5.07. The van der Waals surface area contributed by atoms with Crippen molar-refractivity contribution in [2.24, 2.45) is 0 Å². The van der Waals surface area contributed by atoms with Gasteiger partial charge in [-0.2, -0.15) is 0 Å². The van der Waals surface area contributed by atoms with Crippen molar-refractivity contribution in [3.63, 3.8) is 0 Å². The number of morpholine rings is 1. The van der Waals surface area contributed by atoms with Crippen molar-refractivity contribution in [1.82, 2.24) is 9.80 Å². The Labute approximate surface area is 159 Å². The molecule has 148 valence electrons. The van der Waals surface area contributed by atoms with Crippen LogP contribution < -0.4 is 10.6 Å². The van der Waals surface area contributed by atoms with E-state index in [1.54, 1.807) is 18.2 Å². The second kappa shape index (κ2) is 9.68. The van der Waals surface area contributed by atoms with Crippen LogP contribution in [-0.4, -0.2) is 80.9 Å². The molecule has 3 amide bonds. The van der Waals surface area contributed by atoms with E-state index in [0.717, 1.165) is 52.2 Å². The highest BCUT2D eigenvalue weighted by atomic mass is 16.5. The normalized spacial score (nSPS) is 18.9. The molecule has 0 saturated carbocycles. The van der Waals surface area contributed by atoms with Crippen LogP contribution in [0.1, 0.15) is 12.8 Å². The number of hydrogen-bond acceptors (Lipinski definition) is 5. The Hall–Kier alpha value is -2.16. The Balaban J connectivity index is 1.48. The molecule has 1 aromatic rings. The zero-order valence-electron chi connectivity index (χ0n) is 15.8. The summed E-state index contributed by atoms with van der Waals surface area (Å²) >= 11 is 0. The van der Waals surface area contributed by atoms with Gasteiger partial charge in [-0.15, -0.1) is 0 Å². The lowest BCUT2D eigenvalue weighted by Crippen LogP contribution is -2.50. The summed E-state index contributed by atoms with van der Waals surface area (Å²) in [6, 6.07) is 7.56. The molecule has 8 heteroatoms. The molecule has 8 nitrogen and oxygen atoms in total. The smallest absolute Gasteiger partial charge is 0.321 e. The first-order valence-electron chi connectivity index (χ1n) is 9.42. The van der Waals surface area contributed by atoms with E-state index in [1.807, 2.05) is 11.0 Å². The first-order valence-corrected chi connectivity index (χ1v) is 9.42. The topological polar surface area (TPSA) is 83.1 Å². The van der Waals surface area contributed by atoms with E-state index >= 15 is 0 Å². The molecule has 2 heterocycles. The Morgan fingerprint density at radius 3 is 2.44 bits per heavy atom. The Morgan fingerprint density at radius 2 is 1.78 bits per heavy atom. The number of likely N-dealkylation sites (tertiary alicyclic amines) is 1. The number of piperidine rings is 1. The van der Waals surface area contributed by atoms with Crippen LogP contribution in [0.15, 0.2) is 24.3 Å². The Kier molecular flexibility index (Phi) is 7.03. The van der Waals surface area contributed by atoms with Gasteiger partial charge >= 0.3 is 6.03 Å². The number of carbonyl (C=O) groups is 2. The van der Waals surface area contributed by atoms with Crippen LogP contribution in [0.5, 0.6) is 0 Å². The van der Waals surface area contributed by atoms with Crippen LogP contribution in [0.25, 0.3) is 0 Å². The third-order valence-electron chi connectivity index (χ3n) is 4.99. The van der Waals surface area contributed by atoms with Crippen LogP contribution in [0.2, 0.25) is 0 Å². The summed E-state index contributed by atoms with van der Waals surface area (Å²) in [7, 11) is 1.47. The van der Waals surface area contributed by atoms with Crippen molar-refractivity contribution in [2.75, 3.05) is 63.7 Å². The Morgan fingerprint density at radius 1 is 1.11 bits per heavy atom. The number of urea groups is 1. The fraction of sp³-hybridized carbons (Fsp3) is 0.579. The molecule has 1 aromatic carbocycles. The molecule has 2 aliphatic rings. The molecular formula is C19H28N4O4. The number of rotatable bonds is 5. The summed E-state index contributed by atoms with van der Waals surface area (Å²) in [5, 5.41) is 5.66. The van der Waals surface area contributed by atoms with E-state index in [2.05, 4.69) is 15.5 Å². The fourth-order valence-electron chi connectivity index (χ4n) is 3.58. The van der Waals surface area contributed by atoms with Gasteiger partial charge in [0.15, 0.2) is 0 Å². The highest BCUT2D eigenvalue weighted by Crippen LogP contribution is 2.20. The zero-order valence-corrected chi connectivity index (χ0v) is 15.8. The van der Waals surface area contributed by atoms with Gasteiger partial charge in [0.25, 0.3) is 0 Å². The average Bonchev–Trinajstić information content (AvgIpc) is 2.69. The lowest BCUT2D eigenvalue weighted by Gasteiger charge is -2.40. The quantitative estimate of drug-likeness (QED) is 0.816. The number of nitrogens with one attached hydrogen (secondary N) is 2. The molecule has 0 spiro atoms. The number of carbonyl (C=O) groups excluding carboxylic acids is 2. The lowest BCUT2D eigenvalue weighted by atomic mass is 10.0. The standard InChI is InChI=1S/C19H28N4O4/c1-26-14-18(24)20-15-3-2-4-16(13-15)21-19(25)23-7-5-17(6-8-23)22-9-11-27-12-10-22/h2-4,13,17H,5-12,14H2,1H3,(H,20,24)(H,21,25). The van der Waals surface area contributed by atoms with Crippen molar-refractivity contribution in [1.29, 1.82) is 0 Å². The minimum Gasteiger partial charge on any atom is -0.379 e. The SMILES string of the molecule is COCC(=O)Nc1cccc(NC(=O)N2CCC(N3CCOCC3)CC2)c1. The molecule has 0 aliphatic carbocycles. The molecule has 0 atom stereocenters. The first kappa shape index (κ1) is 19.6. The maximum Gasteiger partial charge on any atom is 0.321 e. The second-order valence-electron chi connectivity index (χ2n) is 6.86. The number of nitrogens with zero attached hydrogens (tertiary/aromatic N) is 2. The van der Waals surface area contributed by atoms with E-state index in [-0.39, 0.29) is 18.5 Å². The van der Waals surface area contributed by atoms with Gasteiger partial charge in [-0.3, -0.25) is 9.69 Å². The van der Waals surface area contributed by atoms with Gasteiger partial charge in [0.2, 0.25) is 5.91 Å². The maximum atomic E-state index is 12.6. The largest absolute Gasteiger partial charge is 0.379 e. The third kappa shape index (κ3) is 5.66. The molecule has 3 rings (SSSR count). The predicted octanol–water partition coefficient (Wildman–Crippen LogP) is 1.60. The highest BCUT2D eigenvalue weighted by molar-refractivity contribution is 5.94. The summed E-state index contributed by atoms with van der Waals surface area (Å²) in [5.41, 5.74) is 1.28. The summed E-state index contributed by atoms with van der Waals surface area (Å²) in [5.74, 6) is -0.230. The van der Waals surface area contributed by atoms with Crippen molar-refractivity contribution in [3.05, 3.63) is 24.3 Å². The molecule has 2 saturated heterocycles. The number of methoxy groups -OCH3 is 1. The predicted molar refractivity (Wildman–Crippen MR) is 103 cm³/mol. The molecule has 2 fully saturated rings. The second-order valence-corrected chi connectivity index (χ2v) is 6.86. The molecular weight excluding hydrogens is 348 g/mol. The van der Waals surface area contributed by atoms with Crippen molar-refractivity contribution in [3.8, 4) is 0 Å². The molecule has 27 heavy (non-hydrogen) atoms. The van der Waals surface area contributed by atoms with Gasteiger partial charge in [-0.25, -0.2) is 4.79 Å². The number of anilines is 2. The van der Waals surface area contributed by atoms with E-state index in [9.17, 15) is 9.59 Å².